The van der Waals surface area contributed by atoms with E-state index in [4.69, 9.17) is 16.3 Å². The fourth-order valence-electron chi connectivity index (χ4n) is 2.65. The van der Waals surface area contributed by atoms with Gasteiger partial charge in [-0.1, -0.05) is 35.9 Å². The van der Waals surface area contributed by atoms with Crippen LogP contribution in [0.15, 0.2) is 48.5 Å². The zero-order valence-corrected chi connectivity index (χ0v) is 14.3. The number of ether oxygens (including phenoxy) is 1. The number of benzene rings is 2. The van der Waals surface area contributed by atoms with Crippen molar-refractivity contribution in [2.45, 2.75) is 13.2 Å². The number of nitrogens with zero attached hydrogens (tertiary/aromatic N) is 3. The summed E-state index contributed by atoms with van der Waals surface area (Å²) in [6.07, 6.45) is 0. The van der Waals surface area contributed by atoms with Crippen molar-refractivity contribution in [1.29, 1.82) is 0 Å². The standard InChI is InChI=1S/C18H18ClN3O2/c1-21(11-13-7-9-14(10-8-13)18(23)24-2)12-22-16-6-4-3-5-15(16)17(19)20-22/h3-10H,11-12H2,1-2H3. The molecular formula is C18H18ClN3O2. The van der Waals surface area contributed by atoms with Gasteiger partial charge in [0, 0.05) is 11.9 Å². The molecule has 0 radical (unpaired) electrons. The van der Waals surface area contributed by atoms with Crippen molar-refractivity contribution in [3.8, 4) is 0 Å². The molecule has 0 saturated carbocycles. The van der Waals surface area contributed by atoms with E-state index in [-0.39, 0.29) is 5.97 Å². The summed E-state index contributed by atoms with van der Waals surface area (Å²) in [6, 6.07) is 15.3. The Kier molecular flexibility index (Phi) is 4.83. The van der Waals surface area contributed by atoms with Gasteiger partial charge in [-0.15, -0.1) is 0 Å². The molecule has 0 atom stereocenters. The summed E-state index contributed by atoms with van der Waals surface area (Å²) in [7, 11) is 3.39. The molecule has 0 amide bonds. The van der Waals surface area contributed by atoms with Gasteiger partial charge in [0.15, 0.2) is 5.15 Å². The van der Waals surface area contributed by atoms with E-state index in [1.165, 1.54) is 7.11 Å². The van der Waals surface area contributed by atoms with Crippen LogP contribution in [0.5, 0.6) is 0 Å². The van der Waals surface area contributed by atoms with E-state index in [1.807, 2.05) is 48.1 Å². The molecule has 0 bridgehead atoms. The van der Waals surface area contributed by atoms with Gasteiger partial charge in [-0.2, -0.15) is 5.10 Å². The first-order chi connectivity index (χ1) is 11.6. The number of hydrogen-bond donors (Lipinski definition) is 0. The summed E-state index contributed by atoms with van der Waals surface area (Å²) in [6.45, 7) is 1.35. The van der Waals surface area contributed by atoms with Crippen LogP contribution < -0.4 is 0 Å². The lowest BCUT2D eigenvalue weighted by Crippen LogP contribution is -2.22. The largest absolute Gasteiger partial charge is 0.465 e. The summed E-state index contributed by atoms with van der Waals surface area (Å²) >= 11 is 6.19. The zero-order chi connectivity index (χ0) is 17.1. The van der Waals surface area contributed by atoms with Crippen molar-refractivity contribution < 1.29 is 9.53 Å². The molecule has 124 valence electrons. The van der Waals surface area contributed by atoms with Crippen molar-refractivity contribution in [2.75, 3.05) is 14.2 Å². The number of halogens is 1. The van der Waals surface area contributed by atoms with Gasteiger partial charge in [-0.05, 0) is 36.9 Å². The van der Waals surface area contributed by atoms with Crippen LogP contribution in [-0.4, -0.2) is 34.8 Å². The lowest BCUT2D eigenvalue weighted by atomic mass is 10.1. The first kappa shape index (κ1) is 16.5. The fraction of sp³-hybridized carbons (Fsp3) is 0.222. The van der Waals surface area contributed by atoms with Crippen LogP contribution in [0.4, 0.5) is 0 Å². The molecule has 3 aromatic rings. The monoisotopic (exact) mass is 343 g/mol. The van der Waals surface area contributed by atoms with Gasteiger partial charge in [0.1, 0.15) is 0 Å². The SMILES string of the molecule is COC(=O)c1ccc(CN(C)Cn2nc(Cl)c3ccccc32)cc1. The minimum Gasteiger partial charge on any atom is -0.465 e. The summed E-state index contributed by atoms with van der Waals surface area (Å²) in [5.41, 5.74) is 2.66. The first-order valence-corrected chi connectivity index (χ1v) is 7.93. The lowest BCUT2D eigenvalue weighted by Gasteiger charge is -2.17. The molecule has 6 heteroatoms. The average Bonchev–Trinajstić information content (AvgIpc) is 2.91. The van der Waals surface area contributed by atoms with E-state index in [9.17, 15) is 4.79 Å². The van der Waals surface area contributed by atoms with Crippen LogP contribution in [0.3, 0.4) is 0 Å². The number of fused-ring (bicyclic) bond motifs is 1. The molecule has 0 spiro atoms. The Hall–Kier alpha value is -2.37. The first-order valence-electron chi connectivity index (χ1n) is 7.55. The molecular weight excluding hydrogens is 326 g/mol. The minimum atomic E-state index is -0.326. The summed E-state index contributed by atoms with van der Waals surface area (Å²) in [5, 5.41) is 5.87. The zero-order valence-electron chi connectivity index (χ0n) is 13.6. The van der Waals surface area contributed by atoms with E-state index in [2.05, 4.69) is 10.00 Å². The molecule has 0 fully saturated rings. The second-order valence-corrected chi connectivity index (χ2v) is 6.01. The lowest BCUT2D eigenvalue weighted by molar-refractivity contribution is 0.0600. The van der Waals surface area contributed by atoms with E-state index >= 15 is 0 Å². The highest BCUT2D eigenvalue weighted by Gasteiger charge is 2.10. The van der Waals surface area contributed by atoms with Gasteiger partial charge in [-0.3, -0.25) is 4.90 Å². The third kappa shape index (κ3) is 3.42. The Morgan fingerprint density at radius 3 is 2.62 bits per heavy atom. The van der Waals surface area contributed by atoms with Crippen LogP contribution in [0.25, 0.3) is 10.9 Å². The molecule has 0 aliphatic carbocycles. The second kappa shape index (κ2) is 7.03. The van der Waals surface area contributed by atoms with Crippen molar-refractivity contribution in [2.24, 2.45) is 0 Å². The molecule has 1 aromatic heterocycles. The highest BCUT2D eigenvalue weighted by molar-refractivity contribution is 6.34. The molecule has 0 aliphatic heterocycles. The maximum atomic E-state index is 11.5. The smallest absolute Gasteiger partial charge is 0.337 e. The third-order valence-corrected chi connectivity index (χ3v) is 4.09. The Morgan fingerprint density at radius 2 is 1.92 bits per heavy atom. The highest BCUT2D eigenvalue weighted by Crippen LogP contribution is 2.22. The number of rotatable bonds is 5. The van der Waals surface area contributed by atoms with Crippen LogP contribution in [0.2, 0.25) is 5.15 Å². The number of carbonyl (C=O) groups excluding carboxylic acids is 1. The maximum absolute atomic E-state index is 11.5. The average molecular weight is 344 g/mol. The van der Waals surface area contributed by atoms with Crippen molar-refractivity contribution in [1.82, 2.24) is 14.7 Å². The van der Waals surface area contributed by atoms with Crippen molar-refractivity contribution >= 4 is 28.5 Å². The number of carbonyl (C=O) groups is 1. The van der Waals surface area contributed by atoms with Crippen LogP contribution >= 0.6 is 11.6 Å². The number of aromatic nitrogens is 2. The van der Waals surface area contributed by atoms with Crippen LogP contribution in [0, 0.1) is 0 Å². The minimum absolute atomic E-state index is 0.326. The Morgan fingerprint density at radius 1 is 1.21 bits per heavy atom. The van der Waals surface area contributed by atoms with Gasteiger partial charge in [0.25, 0.3) is 0 Å². The number of para-hydroxylation sites is 1. The normalized spacial score (nSPS) is 11.2. The van der Waals surface area contributed by atoms with Crippen molar-refractivity contribution in [3.63, 3.8) is 0 Å². The third-order valence-electron chi connectivity index (χ3n) is 3.82. The van der Waals surface area contributed by atoms with Gasteiger partial charge >= 0.3 is 5.97 Å². The highest BCUT2D eigenvalue weighted by atomic mass is 35.5. The second-order valence-electron chi connectivity index (χ2n) is 5.65. The molecule has 24 heavy (non-hydrogen) atoms. The topological polar surface area (TPSA) is 47.4 Å². The van der Waals surface area contributed by atoms with Crippen LogP contribution in [0.1, 0.15) is 15.9 Å². The number of methoxy groups -OCH3 is 1. The molecule has 0 aliphatic rings. The van der Waals surface area contributed by atoms with Gasteiger partial charge < -0.3 is 4.74 Å². The molecule has 3 rings (SSSR count). The van der Waals surface area contributed by atoms with Crippen molar-refractivity contribution in [3.05, 3.63) is 64.8 Å². The van der Waals surface area contributed by atoms with E-state index in [0.29, 0.717) is 17.4 Å². The van der Waals surface area contributed by atoms with Gasteiger partial charge in [-0.25, -0.2) is 9.48 Å². The number of esters is 1. The molecule has 5 nitrogen and oxygen atoms in total. The quantitative estimate of drug-likeness (QED) is 0.664. The maximum Gasteiger partial charge on any atom is 0.337 e. The predicted octanol–water partition coefficient (Wildman–Crippen LogP) is 3.57. The molecule has 2 aromatic carbocycles. The predicted molar refractivity (Wildman–Crippen MR) is 94.0 cm³/mol. The van der Waals surface area contributed by atoms with E-state index in [1.54, 1.807) is 12.1 Å². The molecule has 1 heterocycles. The van der Waals surface area contributed by atoms with Gasteiger partial charge in [0.2, 0.25) is 0 Å². The molecule has 0 unspecified atom stereocenters. The van der Waals surface area contributed by atoms with Gasteiger partial charge in [0.05, 0.1) is 24.9 Å². The van der Waals surface area contributed by atoms with Crippen LogP contribution in [-0.2, 0) is 18.0 Å². The molecule has 0 saturated heterocycles. The summed E-state index contributed by atoms with van der Waals surface area (Å²) < 4.78 is 6.60. The Labute approximate surface area is 145 Å². The Bertz CT molecular complexity index is 858. The summed E-state index contributed by atoms with van der Waals surface area (Å²) in [4.78, 5) is 13.6. The molecule has 0 N–H and O–H groups in total. The summed E-state index contributed by atoms with van der Waals surface area (Å²) in [5.74, 6) is -0.326. The Balaban J connectivity index is 1.71. The van der Waals surface area contributed by atoms with E-state index < -0.39 is 0 Å². The van der Waals surface area contributed by atoms with E-state index in [0.717, 1.165) is 23.0 Å². The fourth-order valence-corrected chi connectivity index (χ4v) is 2.90. The number of hydrogen-bond acceptors (Lipinski definition) is 4.